The van der Waals surface area contributed by atoms with Crippen LogP contribution in [0.25, 0.3) is 27.8 Å². The van der Waals surface area contributed by atoms with Crippen LogP contribution in [0.3, 0.4) is 0 Å². The lowest BCUT2D eigenvalue weighted by atomic mass is 9.96. The molecular formula is C36H28ClN3O3S. The molecular weight excluding hydrogens is 590 g/mol. The molecule has 6 aromatic rings. The van der Waals surface area contributed by atoms with Crippen LogP contribution in [0.5, 0.6) is 0 Å². The van der Waals surface area contributed by atoms with Gasteiger partial charge in [0, 0.05) is 34.2 Å². The molecule has 8 heteroatoms. The van der Waals surface area contributed by atoms with E-state index >= 15 is 0 Å². The number of allylic oxidation sites excluding steroid dienone is 1. The first kappa shape index (κ1) is 28.1. The van der Waals surface area contributed by atoms with E-state index in [0.29, 0.717) is 37.7 Å². The molecule has 0 saturated carbocycles. The van der Waals surface area contributed by atoms with Crippen LogP contribution in [-0.2, 0) is 16.1 Å². The molecule has 0 fully saturated rings. The Hall–Kier alpha value is -4.72. The summed E-state index contributed by atoms with van der Waals surface area (Å²) in [5.74, 6) is -0.510. The number of fused-ring (bicyclic) bond motifs is 3. The summed E-state index contributed by atoms with van der Waals surface area (Å²) >= 11 is 7.95. The smallest absolute Gasteiger partial charge is 0.338 e. The Labute approximate surface area is 262 Å². The average molecular weight is 618 g/mol. The predicted molar refractivity (Wildman–Crippen MR) is 177 cm³/mol. The lowest BCUT2D eigenvalue weighted by Crippen LogP contribution is -2.40. The fraction of sp³-hybridized carbons (Fsp3) is 0.139. The van der Waals surface area contributed by atoms with Gasteiger partial charge >= 0.3 is 5.97 Å². The van der Waals surface area contributed by atoms with Crippen molar-refractivity contribution in [3.05, 3.63) is 150 Å². The number of rotatable bonds is 6. The van der Waals surface area contributed by atoms with Gasteiger partial charge < -0.3 is 9.30 Å². The van der Waals surface area contributed by atoms with E-state index in [0.717, 1.165) is 16.5 Å². The Bertz CT molecular complexity index is 2310. The van der Waals surface area contributed by atoms with Crippen LogP contribution >= 0.6 is 22.9 Å². The summed E-state index contributed by atoms with van der Waals surface area (Å²) < 4.78 is 9.72. The van der Waals surface area contributed by atoms with Gasteiger partial charge in [-0.25, -0.2) is 9.79 Å². The van der Waals surface area contributed by atoms with Gasteiger partial charge in [0.05, 0.1) is 22.4 Å². The SMILES string of the molecule is CCOC(=O)C1=C(C)N=c2s/c(=C/c3cn(Cc4ccc5ccccc5c4)c4ccccc34)c(=O)n2[C@@H]1c1ccccc1Cl. The van der Waals surface area contributed by atoms with Crippen LogP contribution in [0.4, 0.5) is 0 Å². The molecule has 0 unspecified atom stereocenters. The van der Waals surface area contributed by atoms with E-state index in [9.17, 15) is 9.59 Å². The number of carbonyl (C=O) groups is 1. The number of nitrogens with zero attached hydrogens (tertiary/aromatic N) is 3. The lowest BCUT2D eigenvalue weighted by Gasteiger charge is -2.25. The highest BCUT2D eigenvalue weighted by Gasteiger charge is 2.34. The molecule has 0 saturated heterocycles. The van der Waals surface area contributed by atoms with E-state index in [-0.39, 0.29) is 12.2 Å². The van der Waals surface area contributed by atoms with Gasteiger partial charge in [-0.2, -0.15) is 0 Å². The third kappa shape index (κ3) is 4.88. The number of para-hydroxylation sites is 1. The summed E-state index contributed by atoms with van der Waals surface area (Å²) in [7, 11) is 0. The van der Waals surface area contributed by atoms with E-state index in [4.69, 9.17) is 21.3 Å². The van der Waals surface area contributed by atoms with E-state index in [1.165, 1.54) is 27.7 Å². The van der Waals surface area contributed by atoms with Crippen LogP contribution in [0.15, 0.2) is 118 Å². The fourth-order valence-electron chi connectivity index (χ4n) is 5.98. The van der Waals surface area contributed by atoms with E-state index in [1.807, 2.05) is 42.5 Å². The molecule has 0 aliphatic carbocycles. The molecule has 0 spiro atoms. The quantitative estimate of drug-likeness (QED) is 0.198. The van der Waals surface area contributed by atoms with Crippen LogP contribution in [-0.4, -0.2) is 21.7 Å². The monoisotopic (exact) mass is 617 g/mol. The highest BCUT2D eigenvalue weighted by Crippen LogP contribution is 2.34. The Balaban J connectivity index is 1.37. The summed E-state index contributed by atoms with van der Waals surface area (Å²) in [5.41, 5.74) is 4.43. The number of ether oxygens (including phenoxy) is 1. The zero-order valence-corrected chi connectivity index (χ0v) is 25.7. The fourth-order valence-corrected chi connectivity index (χ4v) is 7.26. The molecule has 1 aliphatic rings. The average Bonchev–Trinajstić information content (AvgIpc) is 3.53. The molecule has 7 rings (SSSR count). The summed E-state index contributed by atoms with van der Waals surface area (Å²) in [4.78, 5) is 32.6. The Kier molecular flexibility index (Phi) is 7.28. The third-order valence-corrected chi connectivity index (χ3v) is 9.32. The van der Waals surface area contributed by atoms with Crippen molar-refractivity contribution in [3.8, 4) is 0 Å². The van der Waals surface area contributed by atoms with Crippen molar-refractivity contribution in [1.29, 1.82) is 0 Å². The van der Waals surface area contributed by atoms with Crippen molar-refractivity contribution in [1.82, 2.24) is 9.13 Å². The number of carbonyl (C=O) groups excluding carboxylic acids is 1. The summed E-state index contributed by atoms with van der Waals surface area (Å²) in [5, 5.41) is 3.92. The third-order valence-electron chi connectivity index (χ3n) is 7.99. The van der Waals surface area contributed by atoms with Crippen molar-refractivity contribution in [2.24, 2.45) is 4.99 Å². The lowest BCUT2D eigenvalue weighted by molar-refractivity contribution is -0.139. The first-order valence-corrected chi connectivity index (χ1v) is 15.6. The van der Waals surface area contributed by atoms with Crippen LogP contribution < -0.4 is 14.9 Å². The van der Waals surface area contributed by atoms with Crippen LogP contribution in [0.1, 0.15) is 36.6 Å². The zero-order chi connectivity index (χ0) is 30.4. The number of halogens is 1. The second-order valence-corrected chi connectivity index (χ2v) is 12.2. The normalized spacial score (nSPS) is 15.1. The first-order valence-electron chi connectivity index (χ1n) is 14.4. The van der Waals surface area contributed by atoms with Crippen molar-refractivity contribution in [2.75, 3.05) is 6.61 Å². The largest absolute Gasteiger partial charge is 0.463 e. The van der Waals surface area contributed by atoms with Gasteiger partial charge in [-0.15, -0.1) is 0 Å². The maximum Gasteiger partial charge on any atom is 0.338 e. The van der Waals surface area contributed by atoms with Crippen LogP contribution in [0.2, 0.25) is 5.02 Å². The maximum absolute atomic E-state index is 14.2. The summed E-state index contributed by atoms with van der Waals surface area (Å²) in [6.45, 7) is 4.42. The number of esters is 1. The van der Waals surface area contributed by atoms with Crippen LogP contribution in [0, 0.1) is 0 Å². The van der Waals surface area contributed by atoms with Crippen molar-refractivity contribution in [2.45, 2.75) is 26.4 Å². The highest BCUT2D eigenvalue weighted by atomic mass is 35.5. The summed E-state index contributed by atoms with van der Waals surface area (Å²) in [6.07, 6.45) is 4.02. The molecule has 6 nitrogen and oxygen atoms in total. The van der Waals surface area contributed by atoms with Gasteiger partial charge in [-0.05, 0) is 60.0 Å². The van der Waals surface area contributed by atoms with E-state index < -0.39 is 12.0 Å². The topological polar surface area (TPSA) is 65.6 Å². The highest BCUT2D eigenvalue weighted by molar-refractivity contribution is 7.07. The molecule has 1 atom stereocenters. The number of hydrogen-bond donors (Lipinski definition) is 0. The zero-order valence-electron chi connectivity index (χ0n) is 24.2. The molecule has 44 heavy (non-hydrogen) atoms. The van der Waals surface area contributed by atoms with Crippen molar-refractivity contribution in [3.63, 3.8) is 0 Å². The minimum atomic E-state index is -0.754. The molecule has 3 heterocycles. The number of aromatic nitrogens is 2. The first-order chi connectivity index (χ1) is 21.4. The molecule has 0 radical (unpaired) electrons. The number of benzene rings is 4. The maximum atomic E-state index is 14.2. The molecule has 2 aromatic heterocycles. The minimum absolute atomic E-state index is 0.207. The van der Waals surface area contributed by atoms with Crippen molar-refractivity contribution < 1.29 is 9.53 Å². The number of thiazole rings is 1. The summed E-state index contributed by atoms with van der Waals surface area (Å²) in [6, 6.07) is 29.6. The standard InChI is InChI=1S/C36H28ClN3O3S/c1-3-43-35(42)32-22(2)38-36-40(33(32)28-13-6-8-14-29(28)37)34(41)31(44-36)19-26-21-39(30-15-9-7-12-27(26)30)20-23-16-17-24-10-4-5-11-25(24)18-23/h4-19,21,33H,3,20H2,1-2H3/b31-19+/t33-/m1/s1. The van der Waals surface area contributed by atoms with Crippen molar-refractivity contribution >= 4 is 56.7 Å². The molecule has 0 N–H and O–H groups in total. The molecule has 1 aliphatic heterocycles. The van der Waals surface area contributed by atoms with Gasteiger partial charge in [-0.1, -0.05) is 95.7 Å². The Morgan fingerprint density at radius 1 is 1.00 bits per heavy atom. The second-order valence-electron chi connectivity index (χ2n) is 10.7. The van der Waals surface area contributed by atoms with Gasteiger partial charge in [0.25, 0.3) is 5.56 Å². The molecule has 218 valence electrons. The van der Waals surface area contributed by atoms with Gasteiger partial charge in [0.15, 0.2) is 4.80 Å². The predicted octanol–water partition coefficient (Wildman–Crippen LogP) is 6.61. The van der Waals surface area contributed by atoms with Gasteiger partial charge in [-0.3, -0.25) is 9.36 Å². The number of hydrogen-bond acceptors (Lipinski definition) is 5. The minimum Gasteiger partial charge on any atom is -0.463 e. The van der Waals surface area contributed by atoms with E-state index in [2.05, 4.69) is 59.3 Å². The van der Waals surface area contributed by atoms with E-state index in [1.54, 1.807) is 24.5 Å². The molecule has 0 bridgehead atoms. The molecule has 4 aromatic carbocycles. The Morgan fingerprint density at radius 2 is 1.75 bits per heavy atom. The molecule has 0 amide bonds. The Morgan fingerprint density at radius 3 is 2.57 bits per heavy atom. The second kappa shape index (κ2) is 11.4. The van der Waals surface area contributed by atoms with Gasteiger partial charge in [0.2, 0.25) is 0 Å². The van der Waals surface area contributed by atoms with Gasteiger partial charge in [0.1, 0.15) is 6.04 Å².